The summed E-state index contributed by atoms with van der Waals surface area (Å²) in [4.78, 5) is 14.3. The van der Waals surface area contributed by atoms with Crippen molar-refractivity contribution in [3.63, 3.8) is 0 Å². The molecular weight excluding hydrogens is 264 g/mol. The minimum atomic E-state index is -0.148. The van der Waals surface area contributed by atoms with Gasteiger partial charge in [0.1, 0.15) is 6.04 Å². The standard InChI is InChI=1S/C17H34N2O2/c1-4-7-15-8-6-12-19(13-9-15)14-10-16(17(20)21-3)18-11-5-2/h15-16,18H,4-14H2,1-3H3. The van der Waals surface area contributed by atoms with Gasteiger partial charge in [0.15, 0.2) is 0 Å². The Balaban J connectivity index is 2.35. The first-order valence-electron chi connectivity index (χ1n) is 8.74. The van der Waals surface area contributed by atoms with E-state index in [-0.39, 0.29) is 12.0 Å². The molecule has 1 N–H and O–H groups in total. The van der Waals surface area contributed by atoms with E-state index in [1.165, 1.54) is 52.3 Å². The van der Waals surface area contributed by atoms with Crippen LogP contribution in [-0.2, 0) is 9.53 Å². The summed E-state index contributed by atoms with van der Waals surface area (Å²) in [5.41, 5.74) is 0. The lowest BCUT2D eigenvalue weighted by Gasteiger charge is -2.23. The smallest absolute Gasteiger partial charge is 0.322 e. The first-order valence-corrected chi connectivity index (χ1v) is 8.74. The molecule has 124 valence electrons. The molecule has 2 atom stereocenters. The lowest BCUT2D eigenvalue weighted by molar-refractivity contribution is -0.143. The van der Waals surface area contributed by atoms with Crippen molar-refractivity contribution in [1.82, 2.24) is 10.2 Å². The van der Waals surface area contributed by atoms with Gasteiger partial charge in [0.2, 0.25) is 0 Å². The number of nitrogens with zero attached hydrogens (tertiary/aromatic N) is 1. The van der Waals surface area contributed by atoms with Gasteiger partial charge in [-0.15, -0.1) is 0 Å². The molecule has 0 spiro atoms. The molecule has 0 amide bonds. The van der Waals surface area contributed by atoms with Crippen LogP contribution in [0.5, 0.6) is 0 Å². The Kier molecular flexibility index (Phi) is 9.68. The van der Waals surface area contributed by atoms with E-state index in [9.17, 15) is 4.79 Å². The molecule has 1 aliphatic heterocycles. The summed E-state index contributed by atoms with van der Waals surface area (Å²) in [6.45, 7) is 8.63. The van der Waals surface area contributed by atoms with E-state index >= 15 is 0 Å². The van der Waals surface area contributed by atoms with Crippen LogP contribution in [0.1, 0.15) is 58.8 Å². The second kappa shape index (κ2) is 11.0. The van der Waals surface area contributed by atoms with Crippen molar-refractivity contribution in [2.24, 2.45) is 5.92 Å². The summed E-state index contributed by atoms with van der Waals surface area (Å²) < 4.78 is 4.90. The summed E-state index contributed by atoms with van der Waals surface area (Å²) in [6, 6.07) is -0.148. The Bertz CT molecular complexity index is 284. The molecule has 0 aromatic carbocycles. The van der Waals surface area contributed by atoms with Crippen molar-refractivity contribution >= 4 is 5.97 Å². The van der Waals surface area contributed by atoms with Crippen LogP contribution in [0.3, 0.4) is 0 Å². The molecule has 0 saturated carbocycles. The average molecular weight is 298 g/mol. The van der Waals surface area contributed by atoms with Gasteiger partial charge in [0.25, 0.3) is 0 Å². The largest absolute Gasteiger partial charge is 0.468 e. The van der Waals surface area contributed by atoms with Gasteiger partial charge in [-0.2, -0.15) is 0 Å². The molecule has 1 saturated heterocycles. The van der Waals surface area contributed by atoms with E-state index in [0.717, 1.165) is 31.8 Å². The highest BCUT2D eigenvalue weighted by molar-refractivity contribution is 5.75. The van der Waals surface area contributed by atoms with Crippen LogP contribution >= 0.6 is 0 Å². The average Bonchev–Trinajstić information content (AvgIpc) is 2.72. The summed E-state index contributed by atoms with van der Waals surface area (Å²) in [5.74, 6) is 0.789. The molecule has 1 aliphatic rings. The van der Waals surface area contributed by atoms with Crippen LogP contribution < -0.4 is 5.32 Å². The molecule has 2 unspecified atom stereocenters. The van der Waals surface area contributed by atoms with E-state index < -0.39 is 0 Å². The van der Waals surface area contributed by atoms with Gasteiger partial charge in [-0.3, -0.25) is 4.79 Å². The third kappa shape index (κ3) is 7.28. The number of likely N-dealkylation sites (tertiary alicyclic amines) is 1. The lowest BCUT2D eigenvalue weighted by Crippen LogP contribution is -2.41. The zero-order valence-electron chi connectivity index (χ0n) is 14.2. The number of ether oxygens (including phenoxy) is 1. The number of hydrogen-bond donors (Lipinski definition) is 1. The fourth-order valence-corrected chi connectivity index (χ4v) is 3.22. The van der Waals surface area contributed by atoms with E-state index in [1.54, 1.807) is 0 Å². The topological polar surface area (TPSA) is 41.6 Å². The van der Waals surface area contributed by atoms with Gasteiger partial charge in [0, 0.05) is 6.54 Å². The van der Waals surface area contributed by atoms with Crippen molar-refractivity contribution < 1.29 is 9.53 Å². The highest BCUT2D eigenvalue weighted by atomic mass is 16.5. The maximum Gasteiger partial charge on any atom is 0.322 e. The second-order valence-corrected chi connectivity index (χ2v) is 6.25. The highest BCUT2D eigenvalue weighted by Gasteiger charge is 2.21. The fraction of sp³-hybridized carbons (Fsp3) is 0.941. The molecule has 0 radical (unpaired) electrons. The third-order valence-electron chi connectivity index (χ3n) is 4.50. The van der Waals surface area contributed by atoms with Gasteiger partial charge in [-0.05, 0) is 57.7 Å². The Hall–Kier alpha value is -0.610. The second-order valence-electron chi connectivity index (χ2n) is 6.25. The molecule has 0 aromatic heterocycles. The number of nitrogens with one attached hydrogen (secondary N) is 1. The lowest BCUT2D eigenvalue weighted by atomic mass is 9.96. The van der Waals surface area contributed by atoms with Gasteiger partial charge >= 0.3 is 5.97 Å². The number of methoxy groups -OCH3 is 1. The predicted molar refractivity (Wildman–Crippen MR) is 87.4 cm³/mol. The maximum atomic E-state index is 11.8. The number of carbonyl (C=O) groups is 1. The van der Waals surface area contributed by atoms with Crippen LogP contribution in [0.2, 0.25) is 0 Å². The molecule has 0 bridgehead atoms. The maximum absolute atomic E-state index is 11.8. The van der Waals surface area contributed by atoms with Gasteiger partial charge in [-0.1, -0.05) is 26.7 Å². The van der Waals surface area contributed by atoms with E-state index in [4.69, 9.17) is 4.74 Å². The normalized spacial score (nSPS) is 21.8. The van der Waals surface area contributed by atoms with Gasteiger partial charge in [-0.25, -0.2) is 0 Å². The number of rotatable bonds is 9. The molecule has 0 aliphatic carbocycles. The van der Waals surface area contributed by atoms with Crippen molar-refractivity contribution in [3.8, 4) is 0 Å². The quantitative estimate of drug-likeness (QED) is 0.665. The highest BCUT2D eigenvalue weighted by Crippen LogP contribution is 2.22. The third-order valence-corrected chi connectivity index (χ3v) is 4.50. The van der Waals surface area contributed by atoms with Crippen molar-refractivity contribution in [3.05, 3.63) is 0 Å². The Morgan fingerprint density at radius 1 is 1.29 bits per heavy atom. The fourth-order valence-electron chi connectivity index (χ4n) is 3.22. The summed E-state index contributed by atoms with van der Waals surface area (Å²) in [6.07, 6.45) is 8.56. The van der Waals surface area contributed by atoms with Gasteiger partial charge in [0.05, 0.1) is 7.11 Å². The molecule has 1 heterocycles. The summed E-state index contributed by atoms with van der Waals surface area (Å²) >= 11 is 0. The Morgan fingerprint density at radius 3 is 2.76 bits per heavy atom. The first kappa shape index (κ1) is 18.4. The molecule has 1 fully saturated rings. The number of carbonyl (C=O) groups excluding carboxylic acids is 1. The molecular formula is C17H34N2O2. The van der Waals surface area contributed by atoms with Crippen molar-refractivity contribution in [2.45, 2.75) is 64.8 Å². The molecule has 4 nitrogen and oxygen atoms in total. The SMILES string of the molecule is CCCNC(CCN1CCCC(CCC)CC1)C(=O)OC. The van der Waals surface area contributed by atoms with Crippen LogP contribution in [0.25, 0.3) is 0 Å². The zero-order chi connectivity index (χ0) is 15.5. The Labute approximate surface area is 130 Å². The number of hydrogen-bond acceptors (Lipinski definition) is 4. The van der Waals surface area contributed by atoms with Crippen molar-refractivity contribution in [2.75, 3.05) is 33.3 Å². The van der Waals surface area contributed by atoms with E-state index in [2.05, 4.69) is 24.1 Å². The predicted octanol–water partition coefficient (Wildman–Crippen LogP) is 2.82. The molecule has 4 heteroatoms. The minimum Gasteiger partial charge on any atom is -0.468 e. The van der Waals surface area contributed by atoms with Crippen LogP contribution in [0.4, 0.5) is 0 Å². The first-order chi connectivity index (χ1) is 10.2. The van der Waals surface area contributed by atoms with Crippen LogP contribution in [-0.4, -0.2) is 50.2 Å². The van der Waals surface area contributed by atoms with Crippen LogP contribution in [0, 0.1) is 5.92 Å². The number of esters is 1. The van der Waals surface area contributed by atoms with Gasteiger partial charge < -0.3 is 15.0 Å². The minimum absolute atomic E-state index is 0.123. The molecule has 1 rings (SSSR count). The van der Waals surface area contributed by atoms with Crippen molar-refractivity contribution in [1.29, 1.82) is 0 Å². The van der Waals surface area contributed by atoms with E-state index in [1.807, 2.05) is 0 Å². The molecule has 21 heavy (non-hydrogen) atoms. The summed E-state index contributed by atoms with van der Waals surface area (Å²) in [5, 5.41) is 3.30. The monoisotopic (exact) mass is 298 g/mol. The van der Waals surface area contributed by atoms with E-state index in [0.29, 0.717) is 0 Å². The molecule has 0 aromatic rings. The summed E-state index contributed by atoms with van der Waals surface area (Å²) in [7, 11) is 1.48. The Morgan fingerprint density at radius 2 is 2.10 bits per heavy atom. The van der Waals surface area contributed by atoms with Crippen LogP contribution in [0.15, 0.2) is 0 Å². The zero-order valence-corrected chi connectivity index (χ0v) is 14.2.